The summed E-state index contributed by atoms with van der Waals surface area (Å²) in [6.07, 6.45) is 0.716. The van der Waals surface area contributed by atoms with Gasteiger partial charge in [-0.25, -0.2) is 9.80 Å². The molecule has 6 atom stereocenters. The fourth-order valence-corrected chi connectivity index (χ4v) is 8.43. The van der Waals surface area contributed by atoms with Crippen LogP contribution in [0.15, 0.2) is 72.8 Å². The predicted molar refractivity (Wildman–Crippen MR) is 166 cm³/mol. The van der Waals surface area contributed by atoms with Crippen molar-refractivity contribution in [3.8, 4) is 5.75 Å². The van der Waals surface area contributed by atoms with Crippen LogP contribution in [0.25, 0.3) is 0 Å². The van der Waals surface area contributed by atoms with Crippen molar-refractivity contribution in [1.82, 2.24) is 10.0 Å². The van der Waals surface area contributed by atoms with E-state index in [4.69, 9.17) is 27.9 Å². The minimum atomic E-state index is -0.750. The Hall–Kier alpha value is -3.05. The minimum Gasteiger partial charge on any atom is -0.423 e. The van der Waals surface area contributed by atoms with Crippen molar-refractivity contribution in [3.05, 3.63) is 99.5 Å². The van der Waals surface area contributed by atoms with E-state index in [0.717, 1.165) is 10.0 Å². The normalized spacial score (nSPS) is 25.5. The number of rotatable bonds is 7. The Labute approximate surface area is 273 Å². The Morgan fingerprint density at radius 1 is 0.791 bits per heavy atom. The van der Waals surface area contributed by atoms with Crippen molar-refractivity contribution in [3.63, 3.8) is 0 Å². The van der Waals surface area contributed by atoms with E-state index >= 15 is 0 Å². The highest BCUT2D eigenvalue weighted by Gasteiger charge is 2.67. The molecule has 12 heteroatoms. The Morgan fingerprint density at radius 2 is 1.37 bits per heavy atom. The van der Waals surface area contributed by atoms with Crippen molar-refractivity contribution >= 4 is 84.5 Å². The van der Waals surface area contributed by atoms with Gasteiger partial charge in [0.2, 0.25) is 0 Å². The third-order valence-corrected chi connectivity index (χ3v) is 12.2. The fourth-order valence-electron chi connectivity index (χ4n) is 6.26. The van der Waals surface area contributed by atoms with Crippen LogP contribution in [0.2, 0.25) is 10.0 Å². The maximum Gasteiger partial charge on any atom is 0.343 e. The highest BCUT2D eigenvalue weighted by molar-refractivity contribution is 9.12. The van der Waals surface area contributed by atoms with Gasteiger partial charge in [0.25, 0.3) is 17.7 Å². The lowest BCUT2D eigenvalue weighted by Gasteiger charge is -2.31. The summed E-state index contributed by atoms with van der Waals surface area (Å²) in [6.45, 7) is -0.593. The van der Waals surface area contributed by atoms with Crippen LogP contribution in [0.5, 0.6) is 5.75 Å². The molecule has 0 aromatic heterocycles. The molecule has 2 saturated carbocycles. The van der Waals surface area contributed by atoms with Crippen LogP contribution in [0, 0.1) is 23.7 Å². The maximum atomic E-state index is 13.8. The Morgan fingerprint density at radius 3 is 1.95 bits per heavy atom. The average molecular weight is 749 g/mol. The molecule has 43 heavy (non-hydrogen) atoms. The summed E-state index contributed by atoms with van der Waals surface area (Å²) in [7, 11) is 0. The lowest BCUT2D eigenvalue weighted by molar-refractivity contribution is -0.154. The highest BCUT2D eigenvalue weighted by Crippen LogP contribution is 2.60. The number of benzene rings is 3. The second-order valence-corrected chi connectivity index (χ2v) is 13.6. The van der Waals surface area contributed by atoms with E-state index in [1.807, 2.05) is 0 Å². The number of imide groups is 1. The molecule has 3 fully saturated rings. The molecule has 0 N–H and O–H groups in total. The zero-order valence-electron chi connectivity index (χ0n) is 22.2. The predicted octanol–water partition coefficient (Wildman–Crippen LogP) is 6.23. The van der Waals surface area contributed by atoms with Gasteiger partial charge in [-0.05, 0) is 72.9 Å². The van der Waals surface area contributed by atoms with Crippen LogP contribution in [0.3, 0.4) is 0 Å². The lowest BCUT2D eigenvalue weighted by atomic mass is 9.81. The van der Waals surface area contributed by atoms with Crippen LogP contribution in [-0.4, -0.2) is 55.7 Å². The first-order valence-corrected chi connectivity index (χ1v) is 16.0. The number of fused-ring (bicyclic) bond motifs is 5. The first-order valence-electron chi connectivity index (χ1n) is 13.4. The lowest BCUT2D eigenvalue weighted by Crippen LogP contribution is -2.52. The highest BCUT2D eigenvalue weighted by atomic mass is 79.9. The van der Waals surface area contributed by atoms with Crippen molar-refractivity contribution < 1.29 is 28.7 Å². The van der Waals surface area contributed by atoms with Crippen LogP contribution >= 0.6 is 55.1 Å². The molecule has 220 valence electrons. The number of halogens is 4. The van der Waals surface area contributed by atoms with Crippen LogP contribution < -0.4 is 4.74 Å². The van der Waals surface area contributed by atoms with E-state index in [-0.39, 0.29) is 48.4 Å². The molecule has 3 aromatic rings. The van der Waals surface area contributed by atoms with Gasteiger partial charge in [0.05, 0.1) is 27.4 Å². The average Bonchev–Trinajstić information content (AvgIpc) is 3.62. The Bertz CT molecular complexity index is 1620. The molecule has 1 saturated heterocycles. The number of nitrogens with zero attached hydrogens (tertiary/aromatic N) is 2. The number of carbonyl (C=O) groups is 5. The van der Waals surface area contributed by atoms with E-state index in [0.29, 0.717) is 12.0 Å². The number of ether oxygens (including phenoxy) is 1. The SMILES string of the molecule is O=C(CN(C(=O)c1ccc(Cl)c(Cl)c1)N1C(=O)[C@@H]2[C@H]3C[C@@H]([C@@H](Br)[C@H]3Br)[C@H]2C1=O)c1ccc(OC(=O)c2ccccc2)cc1. The zero-order valence-corrected chi connectivity index (χ0v) is 26.8. The molecule has 2 aliphatic carbocycles. The van der Waals surface area contributed by atoms with Crippen LogP contribution in [0.4, 0.5) is 0 Å². The summed E-state index contributed by atoms with van der Waals surface area (Å²) in [5, 5.41) is 2.08. The first kappa shape index (κ1) is 30.0. The van der Waals surface area contributed by atoms with E-state index < -0.39 is 47.9 Å². The van der Waals surface area contributed by atoms with Crippen molar-refractivity contribution in [2.75, 3.05) is 6.54 Å². The first-order chi connectivity index (χ1) is 20.6. The van der Waals surface area contributed by atoms with Crippen molar-refractivity contribution in [2.24, 2.45) is 23.7 Å². The number of esters is 1. The summed E-state index contributed by atoms with van der Waals surface area (Å²) in [4.78, 5) is 67.3. The summed E-state index contributed by atoms with van der Waals surface area (Å²) in [5.41, 5.74) is 0.615. The Kier molecular flexibility index (Phi) is 8.23. The van der Waals surface area contributed by atoms with Crippen LogP contribution in [-0.2, 0) is 9.59 Å². The van der Waals surface area contributed by atoms with Crippen LogP contribution in [0.1, 0.15) is 37.5 Å². The number of amides is 3. The van der Waals surface area contributed by atoms with Gasteiger partial charge in [-0.3, -0.25) is 19.2 Å². The smallest absolute Gasteiger partial charge is 0.343 e. The number of Topliss-reactive ketones (excluding diaryl/α,β-unsaturated/α-hetero) is 1. The molecule has 6 rings (SSSR count). The molecule has 3 aromatic carbocycles. The summed E-state index contributed by atoms with van der Waals surface area (Å²) in [5.74, 6) is -3.97. The number of hydrazine groups is 1. The van der Waals surface area contributed by atoms with Gasteiger partial charge in [-0.1, -0.05) is 73.3 Å². The molecule has 3 amide bonds. The quantitative estimate of drug-likeness (QED) is 0.0935. The van der Waals surface area contributed by atoms with E-state index in [2.05, 4.69) is 31.9 Å². The molecule has 3 aliphatic rings. The summed E-state index contributed by atoms with van der Waals surface area (Å²) < 4.78 is 5.38. The molecule has 8 nitrogen and oxygen atoms in total. The number of carbonyl (C=O) groups excluding carboxylic acids is 5. The second kappa shape index (κ2) is 11.8. The molecule has 0 radical (unpaired) electrons. The van der Waals surface area contributed by atoms with E-state index in [9.17, 15) is 24.0 Å². The third kappa shape index (κ3) is 5.32. The zero-order chi connectivity index (χ0) is 30.6. The Balaban J connectivity index is 1.27. The van der Waals surface area contributed by atoms with Gasteiger partial charge in [0.1, 0.15) is 12.3 Å². The molecular formula is C31H22Br2Cl2N2O6. The standard InChI is InChI=1S/C31H22Br2Cl2N2O6/c32-26-19-13-20(27(26)33)25-24(19)29(40)37(30(25)41)36(28(39)17-8-11-21(34)22(35)12-17)14-23(38)15-6-9-18(10-7-15)43-31(42)16-4-2-1-3-5-16/h1-12,19-20,24-27H,13-14H2/t19-,20-,24-,25-,26-,27+/m1/s1. The summed E-state index contributed by atoms with van der Waals surface area (Å²) in [6, 6.07) is 18.5. The molecule has 0 spiro atoms. The number of alkyl halides is 2. The van der Waals surface area contributed by atoms with Gasteiger partial charge in [-0.15, -0.1) is 0 Å². The summed E-state index contributed by atoms with van der Waals surface area (Å²) >= 11 is 19.5. The van der Waals surface area contributed by atoms with Gasteiger partial charge in [-0.2, -0.15) is 5.01 Å². The minimum absolute atomic E-state index is 0.00538. The molecule has 1 aliphatic heterocycles. The monoisotopic (exact) mass is 746 g/mol. The number of ketones is 1. The van der Waals surface area contributed by atoms with Gasteiger partial charge in [0.15, 0.2) is 5.78 Å². The molecule has 1 heterocycles. The second-order valence-electron chi connectivity index (χ2n) is 10.7. The van der Waals surface area contributed by atoms with E-state index in [1.54, 1.807) is 30.3 Å². The largest absolute Gasteiger partial charge is 0.423 e. The van der Waals surface area contributed by atoms with Gasteiger partial charge >= 0.3 is 5.97 Å². The van der Waals surface area contributed by atoms with Gasteiger partial charge in [0, 0.05) is 20.8 Å². The maximum absolute atomic E-state index is 13.8. The topological polar surface area (TPSA) is 101 Å². The fraction of sp³-hybridized carbons (Fsp3) is 0.258. The van der Waals surface area contributed by atoms with Gasteiger partial charge < -0.3 is 4.74 Å². The number of hydrogen-bond donors (Lipinski definition) is 0. The van der Waals surface area contributed by atoms with E-state index in [1.165, 1.54) is 42.5 Å². The third-order valence-electron chi connectivity index (χ3n) is 8.30. The van der Waals surface area contributed by atoms with Crippen molar-refractivity contribution in [1.29, 1.82) is 0 Å². The number of hydrogen-bond acceptors (Lipinski definition) is 6. The molecule has 2 bridgehead atoms. The van der Waals surface area contributed by atoms with Crippen molar-refractivity contribution in [2.45, 2.75) is 16.1 Å². The molecular weight excluding hydrogens is 727 g/mol. The molecule has 0 unspecified atom stereocenters.